The van der Waals surface area contributed by atoms with Gasteiger partial charge in [-0.1, -0.05) is 29.6 Å². The Morgan fingerprint density at radius 1 is 0.933 bits per heavy atom. The molecule has 1 aliphatic carbocycles. The van der Waals surface area contributed by atoms with Crippen molar-refractivity contribution in [2.24, 2.45) is 0 Å². The lowest BCUT2D eigenvalue weighted by Gasteiger charge is -2.17. The predicted molar refractivity (Wildman–Crippen MR) is 113 cm³/mol. The van der Waals surface area contributed by atoms with E-state index in [0.717, 1.165) is 53.4 Å². The summed E-state index contributed by atoms with van der Waals surface area (Å²) in [6.45, 7) is 6.54. The number of aryl methyl sites for hydroxylation is 4. The maximum Gasteiger partial charge on any atom is 0.226 e. The number of hydrogen-bond donors (Lipinski definition) is 0. The minimum atomic E-state index is 0.491. The fourth-order valence-electron chi connectivity index (χ4n) is 4.17. The number of rotatable bonds is 8. The zero-order valence-corrected chi connectivity index (χ0v) is 18.1. The van der Waals surface area contributed by atoms with Crippen molar-refractivity contribution in [3.63, 3.8) is 0 Å². The Hall–Kier alpha value is -2.70. The molecule has 0 saturated heterocycles. The van der Waals surface area contributed by atoms with Crippen LogP contribution in [0.25, 0.3) is 11.4 Å². The molecule has 160 valence electrons. The molecule has 30 heavy (non-hydrogen) atoms. The second-order valence-electron chi connectivity index (χ2n) is 8.26. The van der Waals surface area contributed by atoms with Crippen molar-refractivity contribution < 1.29 is 13.8 Å². The summed E-state index contributed by atoms with van der Waals surface area (Å²) in [6, 6.07) is 4.08. The molecule has 0 unspecified atom stereocenters. The number of benzene rings is 1. The standard InChI is InChI=1S/C23H30N4O3/c1-15-13-19(23-24-17(3)29-26-23)14-16(2)21(15)28-12-8-7-11-20-25-22(27-30-20)18-9-5-4-6-10-18/h13-14,18H,4-12H2,1-3H3. The Kier molecular flexibility index (Phi) is 6.45. The van der Waals surface area contributed by atoms with E-state index in [1.807, 2.05) is 26.0 Å². The Bertz CT molecular complexity index is 949. The molecule has 0 amide bonds. The van der Waals surface area contributed by atoms with Crippen LogP contribution in [-0.4, -0.2) is 26.9 Å². The summed E-state index contributed by atoms with van der Waals surface area (Å²) in [5.74, 6) is 4.25. The van der Waals surface area contributed by atoms with Crippen LogP contribution in [0.2, 0.25) is 0 Å². The number of ether oxygens (including phenoxy) is 1. The van der Waals surface area contributed by atoms with Crippen molar-refractivity contribution >= 4 is 0 Å². The zero-order chi connectivity index (χ0) is 20.9. The van der Waals surface area contributed by atoms with Gasteiger partial charge < -0.3 is 13.8 Å². The molecule has 1 aromatic carbocycles. The van der Waals surface area contributed by atoms with Crippen molar-refractivity contribution in [3.8, 4) is 17.1 Å². The Morgan fingerprint density at radius 3 is 2.40 bits per heavy atom. The topological polar surface area (TPSA) is 87.1 Å². The fraction of sp³-hybridized carbons (Fsp3) is 0.565. The lowest BCUT2D eigenvalue weighted by atomic mass is 9.89. The van der Waals surface area contributed by atoms with E-state index in [9.17, 15) is 0 Å². The minimum Gasteiger partial charge on any atom is -0.493 e. The number of unbranched alkanes of at least 4 members (excludes halogenated alkanes) is 1. The van der Waals surface area contributed by atoms with E-state index in [1.165, 1.54) is 32.1 Å². The third-order valence-electron chi connectivity index (χ3n) is 5.73. The summed E-state index contributed by atoms with van der Waals surface area (Å²) in [5.41, 5.74) is 3.09. The van der Waals surface area contributed by atoms with E-state index >= 15 is 0 Å². The predicted octanol–water partition coefficient (Wildman–Crippen LogP) is 5.49. The molecule has 2 heterocycles. The average Bonchev–Trinajstić information content (AvgIpc) is 3.39. The summed E-state index contributed by atoms with van der Waals surface area (Å²) in [7, 11) is 0. The lowest BCUT2D eigenvalue weighted by Crippen LogP contribution is -2.06. The number of nitrogens with zero attached hydrogens (tertiary/aromatic N) is 4. The summed E-state index contributed by atoms with van der Waals surface area (Å²) >= 11 is 0. The second kappa shape index (κ2) is 9.41. The molecule has 1 aliphatic rings. The summed E-state index contributed by atoms with van der Waals surface area (Å²) in [6.07, 6.45) is 8.97. The SMILES string of the molecule is Cc1nc(-c2cc(C)c(OCCCCc3nc(C4CCCCC4)no3)c(C)c2)no1. The van der Waals surface area contributed by atoms with E-state index in [1.54, 1.807) is 6.92 Å². The monoisotopic (exact) mass is 410 g/mol. The molecule has 0 bridgehead atoms. The molecule has 3 aromatic rings. The van der Waals surface area contributed by atoms with Gasteiger partial charge in [0, 0.05) is 24.8 Å². The van der Waals surface area contributed by atoms with Crippen molar-refractivity contribution in [2.75, 3.05) is 6.61 Å². The van der Waals surface area contributed by atoms with Gasteiger partial charge in [0.1, 0.15) is 5.75 Å². The van der Waals surface area contributed by atoms with Crippen LogP contribution >= 0.6 is 0 Å². The highest BCUT2D eigenvalue weighted by Gasteiger charge is 2.20. The normalized spacial score (nSPS) is 14.9. The largest absolute Gasteiger partial charge is 0.493 e. The Morgan fingerprint density at radius 2 is 1.70 bits per heavy atom. The molecule has 7 heteroatoms. The van der Waals surface area contributed by atoms with Gasteiger partial charge in [-0.15, -0.1) is 0 Å². The van der Waals surface area contributed by atoms with E-state index in [0.29, 0.717) is 24.2 Å². The molecule has 4 rings (SSSR count). The Labute approximate surface area is 177 Å². The highest BCUT2D eigenvalue weighted by molar-refractivity contribution is 5.60. The van der Waals surface area contributed by atoms with Gasteiger partial charge in [0.25, 0.3) is 0 Å². The smallest absolute Gasteiger partial charge is 0.226 e. The van der Waals surface area contributed by atoms with E-state index in [2.05, 4.69) is 20.3 Å². The molecule has 2 aromatic heterocycles. The molecule has 0 spiro atoms. The van der Waals surface area contributed by atoms with Crippen LogP contribution in [0, 0.1) is 20.8 Å². The van der Waals surface area contributed by atoms with Crippen LogP contribution in [0.3, 0.4) is 0 Å². The molecule has 1 saturated carbocycles. The number of aromatic nitrogens is 4. The third-order valence-corrected chi connectivity index (χ3v) is 5.73. The van der Waals surface area contributed by atoms with Crippen LogP contribution < -0.4 is 4.74 Å². The van der Waals surface area contributed by atoms with Gasteiger partial charge in [0.15, 0.2) is 5.82 Å². The van der Waals surface area contributed by atoms with E-state index < -0.39 is 0 Å². The van der Waals surface area contributed by atoms with Gasteiger partial charge in [0.05, 0.1) is 6.61 Å². The van der Waals surface area contributed by atoms with Gasteiger partial charge >= 0.3 is 0 Å². The molecule has 0 N–H and O–H groups in total. The molecule has 7 nitrogen and oxygen atoms in total. The minimum absolute atomic E-state index is 0.491. The third kappa shape index (κ3) is 4.89. The van der Waals surface area contributed by atoms with Crippen LogP contribution in [-0.2, 0) is 6.42 Å². The van der Waals surface area contributed by atoms with Gasteiger partial charge in [-0.05, 0) is 62.8 Å². The average molecular weight is 411 g/mol. The summed E-state index contributed by atoms with van der Waals surface area (Å²) in [4.78, 5) is 8.92. The van der Waals surface area contributed by atoms with E-state index in [-0.39, 0.29) is 0 Å². The van der Waals surface area contributed by atoms with Gasteiger partial charge in [-0.3, -0.25) is 0 Å². The quantitative estimate of drug-likeness (QED) is 0.453. The Balaban J connectivity index is 1.25. The van der Waals surface area contributed by atoms with Crippen molar-refractivity contribution in [3.05, 3.63) is 40.9 Å². The highest BCUT2D eigenvalue weighted by Crippen LogP contribution is 2.31. The molecular formula is C23H30N4O3. The van der Waals surface area contributed by atoms with Crippen LogP contribution in [0.4, 0.5) is 0 Å². The number of hydrogen-bond acceptors (Lipinski definition) is 7. The fourth-order valence-corrected chi connectivity index (χ4v) is 4.17. The first kappa shape index (κ1) is 20.6. The second-order valence-corrected chi connectivity index (χ2v) is 8.26. The van der Waals surface area contributed by atoms with Crippen LogP contribution in [0.1, 0.15) is 79.6 Å². The van der Waals surface area contributed by atoms with Crippen molar-refractivity contribution in [1.29, 1.82) is 0 Å². The highest BCUT2D eigenvalue weighted by atomic mass is 16.5. The van der Waals surface area contributed by atoms with Crippen LogP contribution in [0.15, 0.2) is 21.2 Å². The maximum atomic E-state index is 6.07. The van der Waals surface area contributed by atoms with Crippen molar-refractivity contribution in [1.82, 2.24) is 20.3 Å². The summed E-state index contributed by atoms with van der Waals surface area (Å²) in [5, 5.41) is 8.21. The maximum absolute atomic E-state index is 6.07. The first-order chi connectivity index (χ1) is 14.6. The molecule has 1 fully saturated rings. The van der Waals surface area contributed by atoms with Gasteiger partial charge in [-0.2, -0.15) is 9.97 Å². The molecular weight excluding hydrogens is 380 g/mol. The zero-order valence-electron chi connectivity index (χ0n) is 18.1. The van der Waals surface area contributed by atoms with Gasteiger partial charge in [0.2, 0.25) is 17.6 Å². The first-order valence-electron chi connectivity index (χ1n) is 11.0. The van der Waals surface area contributed by atoms with E-state index in [4.69, 9.17) is 13.8 Å². The molecule has 0 radical (unpaired) electrons. The van der Waals surface area contributed by atoms with Crippen molar-refractivity contribution in [2.45, 2.75) is 78.1 Å². The first-order valence-corrected chi connectivity index (χ1v) is 11.0. The summed E-state index contributed by atoms with van der Waals surface area (Å²) < 4.78 is 16.6. The molecule has 0 atom stereocenters. The molecule has 0 aliphatic heterocycles. The van der Waals surface area contributed by atoms with Gasteiger partial charge in [-0.25, -0.2) is 0 Å². The van der Waals surface area contributed by atoms with Crippen LogP contribution in [0.5, 0.6) is 5.75 Å². The lowest BCUT2D eigenvalue weighted by molar-refractivity contribution is 0.297.